The number of ether oxygens (including phenoxy) is 2. The van der Waals surface area contributed by atoms with Gasteiger partial charge in [-0.1, -0.05) is 0 Å². The zero-order valence-corrected chi connectivity index (χ0v) is 14.8. The van der Waals surface area contributed by atoms with Gasteiger partial charge in [0.25, 0.3) is 0 Å². The van der Waals surface area contributed by atoms with Crippen LogP contribution < -0.4 is 10.1 Å². The SMILES string of the molecule is CCOC(=O)CCNCC1CCC(Oc2ccc(C(F)(F)F)cn2)CC1.[HH]. The van der Waals surface area contributed by atoms with E-state index in [0.717, 1.165) is 44.5 Å². The summed E-state index contributed by atoms with van der Waals surface area (Å²) in [5.41, 5.74) is -0.776. The molecule has 0 saturated heterocycles. The lowest BCUT2D eigenvalue weighted by Gasteiger charge is -2.28. The van der Waals surface area contributed by atoms with Gasteiger partial charge in [-0.2, -0.15) is 13.2 Å². The van der Waals surface area contributed by atoms with Gasteiger partial charge in [0, 0.05) is 20.2 Å². The van der Waals surface area contributed by atoms with Crippen molar-refractivity contribution in [2.24, 2.45) is 5.92 Å². The quantitative estimate of drug-likeness (QED) is 0.552. The molecule has 0 unspecified atom stereocenters. The van der Waals surface area contributed by atoms with Crippen molar-refractivity contribution in [2.45, 2.75) is 51.3 Å². The van der Waals surface area contributed by atoms with Crippen molar-refractivity contribution in [3.05, 3.63) is 23.9 Å². The third-order valence-corrected chi connectivity index (χ3v) is 4.39. The van der Waals surface area contributed by atoms with E-state index in [1.807, 2.05) is 0 Å². The first-order chi connectivity index (χ1) is 12.4. The average molecular weight is 376 g/mol. The molecule has 0 amide bonds. The Morgan fingerprint density at radius 3 is 2.62 bits per heavy atom. The van der Waals surface area contributed by atoms with Crippen LogP contribution in [-0.4, -0.2) is 36.8 Å². The van der Waals surface area contributed by atoms with Crippen molar-refractivity contribution in [3.8, 4) is 5.88 Å². The summed E-state index contributed by atoms with van der Waals surface area (Å²) >= 11 is 0. The van der Waals surface area contributed by atoms with Crippen LogP contribution in [0.25, 0.3) is 0 Å². The molecule has 1 heterocycles. The molecule has 26 heavy (non-hydrogen) atoms. The summed E-state index contributed by atoms with van der Waals surface area (Å²) < 4.78 is 48.1. The van der Waals surface area contributed by atoms with Gasteiger partial charge in [-0.3, -0.25) is 4.79 Å². The number of hydrogen-bond donors (Lipinski definition) is 1. The highest BCUT2D eigenvalue weighted by atomic mass is 19.4. The molecule has 1 aromatic heterocycles. The lowest BCUT2D eigenvalue weighted by molar-refractivity contribution is -0.143. The monoisotopic (exact) mass is 376 g/mol. The maximum Gasteiger partial charge on any atom is 0.417 e. The molecule has 1 aliphatic rings. The van der Waals surface area contributed by atoms with E-state index in [1.54, 1.807) is 6.92 Å². The number of esters is 1. The van der Waals surface area contributed by atoms with E-state index in [1.165, 1.54) is 6.07 Å². The second-order valence-electron chi connectivity index (χ2n) is 6.40. The van der Waals surface area contributed by atoms with E-state index < -0.39 is 11.7 Å². The molecular weight excluding hydrogens is 349 g/mol. The molecule has 1 N–H and O–H groups in total. The third kappa shape index (κ3) is 6.82. The minimum Gasteiger partial charge on any atom is -0.474 e. The lowest BCUT2D eigenvalue weighted by atomic mass is 9.87. The second kappa shape index (κ2) is 9.75. The molecule has 0 spiro atoms. The van der Waals surface area contributed by atoms with Crippen LogP contribution in [-0.2, 0) is 15.7 Å². The van der Waals surface area contributed by atoms with Crippen molar-refractivity contribution < 1.29 is 28.9 Å². The smallest absolute Gasteiger partial charge is 0.417 e. The molecule has 148 valence electrons. The van der Waals surface area contributed by atoms with Gasteiger partial charge in [-0.25, -0.2) is 4.98 Å². The lowest BCUT2D eigenvalue weighted by Crippen LogP contribution is -2.31. The van der Waals surface area contributed by atoms with Gasteiger partial charge < -0.3 is 14.8 Å². The summed E-state index contributed by atoms with van der Waals surface area (Å²) in [5.74, 6) is 0.549. The summed E-state index contributed by atoms with van der Waals surface area (Å²) in [6.45, 7) is 3.62. The van der Waals surface area contributed by atoms with Gasteiger partial charge in [0.05, 0.1) is 18.6 Å². The molecule has 0 aromatic carbocycles. The molecule has 5 nitrogen and oxygen atoms in total. The summed E-state index contributed by atoms with van der Waals surface area (Å²) in [6, 6.07) is 2.26. The Kier molecular flexibility index (Phi) is 7.68. The second-order valence-corrected chi connectivity index (χ2v) is 6.40. The van der Waals surface area contributed by atoms with Crippen molar-refractivity contribution in [2.75, 3.05) is 19.7 Å². The molecule has 1 aromatic rings. The maximum atomic E-state index is 12.5. The van der Waals surface area contributed by atoms with E-state index in [-0.39, 0.29) is 19.4 Å². The predicted molar refractivity (Wildman–Crippen MR) is 91.8 cm³/mol. The fraction of sp³-hybridized carbons (Fsp3) is 0.667. The van der Waals surface area contributed by atoms with Gasteiger partial charge in [0.2, 0.25) is 5.88 Å². The minimum absolute atomic E-state index is 0. The zero-order valence-electron chi connectivity index (χ0n) is 14.8. The van der Waals surface area contributed by atoms with E-state index in [2.05, 4.69) is 10.3 Å². The molecule has 0 aliphatic heterocycles. The summed E-state index contributed by atoms with van der Waals surface area (Å²) in [5, 5.41) is 3.27. The third-order valence-electron chi connectivity index (χ3n) is 4.39. The fourth-order valence-corrected chi connectivity index (χ4v) is 2.97. The van der Waals surface area contributed by atoms with Crippen LogP contribution >= 0.6 is 0 Å². The number of halogens is 3. The van der Waals surface area contributed by atoms with Crippen molar-refractivity contribution in [1.29, 1.82) is 0 Å². The Bertz CT molecular complexity index is 562. The van der Waals surface area contributed by atoms with Gasteiger partial charge in [0.15, 0.2) is 0 Å². The largest absolute Gasteiger partial charge is 0.474 e. The zero-order chi connectivity index (χ0) is 19.0. The molecular formula is C18H27F3N2O3. The Morgan fingerprint density at radius 1 is 1.31 bits per heavy atom. The molecule has 0 radical (unpaired) electrons. The first kappa shape index (κ1) is 20.5. The van der Waals surface area contributed by atoms with E-state index in [9.17, 15) is 18.0 Å². The van der Waals surface area contributed by atoms with Crippen LogP contribution in [0.2, 0.25) is 0 Å². The van der Waals surface area contributed by atoms with E-state index >= 15 is 0 Å². The van der Waals surface area contributed by atoms with Crippen LogP contribution in [0.5, 0.6) is 5.88 Å². The van der Waals surface area contributed by atoms with Crippen LogP contribution in [0.4, 0.5) is 13.2 Å². The Morgan fingerprint density at radius 2 is 2.04 bits per heavy atom. The first-order valence-corrected chi connectivity index (χ1v) is 8.94. The highest BCUT2D eigenvalue weighted by Crippen LogP contribution is 2.30. The van der Waals surface area contributed by atoms with Crippen LogP contribution in [0.15, 0.2) is 18.3 Å². The number of rotatable bonds is 8. The number of hydrogen-bond acceptors (Lipinski definition) is 5. The van der Waals surface area contributed by atoms with Crippen molar-refractivity contribution in [3.63, 3.8) is 0 Å². The Hall–Kier alpha value is -1.83. The normalized spacial score (nSPS) is 20.6. The molecule has 1 fully saturated rings. The van der Waals surface area contributed by atoms with E-state index in [0.29, 0.717) is 25.5 Å². The standard InChI is InChI=1S/C18H25F3N2O3.H2/c1-2-25-17(24)9-10-22-11-13-3-6-15(7-4-13)26-16-8-5-14(12-23-16)18(19,20)21;/h5,8,12-13,15,22H,2-4,6-7,9-11H2,1H3;1H. The molecule has 8 heteroatoms. The highest BCUT2D eigenvalue weighted by Gasteiger charge is 2.31. The number of carbonyl (C=O) groups excluding carboxylic acids is 1. The average Bonchev–Trinajstić information content (AvgIpc) is 2.60. The topological polar surface area (TPSA) is 60.5 Å². The Labute approximate surface area is 152 Å². The number of aromatic nitrogens is 1. The predicted octanol–water partition coefficient (Wildman–Crippen LogP) is 3.83. The number of carbonyl (C=O) groups is 1. The number of nitrogens with one attached hydrogen (secondary N) is 1. The van der Waals surface area contributed by atoms with Gasteiger partial charge in [-0.15, -0.1) is 0 Å². The maximum absolute atomic E-state index is 12.5. The number of pyridine rings is 1. The number of nitrogens with zero attached hydrogens (tertiary/aromatic N) is 1. The van der Waals surface area contributed by atoms with Crippen molar-refractivity contribution in [1.82, 2.24) is 10.3 Å². The van der Waals surface area contributed by atoms with Gasteiger partial charge in [-0.05, 0) is 51.1 Å². The fourth-order valence-electron chi connectivity index (χ4n) is 2.97. The molecule has 1 saturated carbocycles. The minimum atomic E-state index is -4.39. The highest BCUT2D eigenvalue weighted by molar-refractivity contribution is 5.69. The summed E-state index contributed by atoms with van der Waals surface area (Å²) in [4.78, 5) is 15.0. The van der Waals surface area contributed by atoms with Gasteiger partial charge in [0.1, 0.15) is 6.10 Å². The molecule has 2 rings (SSSR count). The molecule has 0 atom stereocenters. The first-order valence-electron chi connectivity index (χ1n) is 8.94. The summed E-state index contributed by atoms with van der Waals surface area (Å²) in [6.07, 6.45) is 0.384. The van der Waals surface area contributed by atoms with Gasteiger partial charge >= 0.3 is 12.1 Å². The molecule has 0 bridgehead atoms. The van der Waals surface area contributed by atoms with Crippen LogP contribution in [0, 0.1) is 5.92 Å². The Balaban J connectivity index is 0.00000364. The van der Waals surface area contributed by atoms with E-state index in [4.69, 9.17) is 9.47 Å². The summed E-state index contributed by atoms with van der Waals surface area (Å²) in [7, 11) is 0. The molecule has 1 aliphatic carbocycles. The van der Waals surface area contributed by atoms with Crippen molar-refractivity contribution >= 4 is 5.97 Å². The number of alkyl halides is 3. The van der Waals surface area contributed by atoms with Crippen LogP contribution in [0.3, 0.4) is 0 Å². The van der Waals surface area contributed by atoms with Crippen LogP contribution in [0.1, 0.15) is 46.0 Å².